The van der Waals surface area contributed by atoms with E-state index in [9.17, 15) is 4.79 Å². The van der Waals surface area contributed by atoms with Gasteiger partial charge in [-0.05, 0) is 33.8 Å². The second-order valence-electron chi connectivity index (χ2n) is 7.03. The standard InChI is InChI=1S/C19H27N5O2/c1-13(2)24(14(3)4)18(25)16-8-6-5-7-15(16)17-20-19(22-21-17)23-9-11-26-12-10-23/h5-8,13-14H,9-12H2,1-4H3,(H,20,21,22). The maximum Gasteiger partial charge on any atom is 0.255 e. The van der Waals surface area contributed by atoms with E-state index < -0.39 is 0 Å². The Balaban J connectivity index is 1.92. The molecule has 1 aliphatic heterocycles. The zero-order valence-electron chi connectivity index (χ0n) is 15.9. The summed E-state index contributed by atoms with van der Waals surface area (Å²) in [4.78, 5) is 21.8. The first-order valence-corrected chi connectivity index (χ1v) is 9.16. The molecular weight excluding hydrogens is 330 g/mol. The summed E-state index contributed by atoms with van der Waals surface area (Å²) in [6, 6.07) is 7.80. The van der Waals surface area contributed by atoms with E-state index in [2.05, 4.69) is 20.1 Å². The third-order valence-electron chi connectivity index (χ3n) is 4.53. The number of aromatic nitrogens is 3. The maximum atomic E-state index is 13.2. The molecule has 0 saturated carbocycles. The summed E-state index contributed by atoms with van der Waals surface area (Å²) in [5.74, 6) is 1.27. The van der Waals surface area contributed by atoms with Crippen molar-refractivity contribution in [3.63, 3.8) is 0 Å². The Kier molecular flexibility index (Phi) is 5.56. The lowest BCUT2D eigenvalue weighted by Gasteiger charge is -2.31. The lowest BCUT2D eigenvalue weighted by Crippen LogP contribution is -2.42. The topological polar surface area (TPSA) is 74.3 Å². The normalized spacial score (nSPS) is 14.9. The molecule has 0 aliphatic carbocycles. The van der Waals surface area contributed by atoms with Crippen molar-refractivity contribution in [1.82, 2.24) is 20.1 Å². The zero-order valence-corrected chi connectivity index (χ0v) is 15.9. The molecule has 1 amide bonds. The Morgan fingerprint density at radius 2 is 1.81 bits per heavy atom. The highest BCUT2D eigenvalue weighted by Gasteiger charge is 2.25. The van der Waals surface area contributed by atoms with Crippen LogP contribution in [0.5, 0.6) is 0 Å². The van der Waals surface area contributed by atoms with Gasteiger partial charge >= 0.3 is 0 Å². The summed E-state index contributed by atoms with van der Waals surface area (Å²) in [5.41, 5.74) is 1.41. The molecule has 140 valence electrons. The number of benzene rings is 1. The van der Waals surface area contributed by atoms with Gasteiger partial charge in [-0.15, -0.1) is 5.10 Å². The number of hydrogen-bond donors (Lipinski definition) is 1. The summed E-state index contributed by atoms with van der Waals surface area (Å²) in [6.07, 6.45) is 0. The predicted octanol–water partition coefficient (Wildman–Crippen LogP) is 2.57. The van der Waals surface area contributed by atoms with Crippen LogP contribution in [0.3, 0.4) is 0 Å². The van der Waals surface area contributed by atoms with Crippen LogP contribution in [0.25, 0.3) is 11.4 Å². The predicted molar refractivity (Wildman–Crippen MR) is 101 cm³/mol. The average molecular weight is 357 g/mol. The second-order valence-corrected chi connectivity index (χ2v) is 7.03. The van der Waals surface area contributed by atoms with Gasteiger partial charge in [0.25, 0.3) is 5.91 Å². The van der Waals surface area contributed by atoms with Crippen LogP contribution in [0.4, 0.5) is 5.95 Å². The molecule has 2 heterocycles. The Hall–Kier alpha value is -2.41. The van der Waals surface area contributed by atoms with E-state index in [0.717, 1.165) is 18.7 Å². The van der Waals surface area contributed by atoms with Crippen LogP contribution in [-0.2, 0) is 4.74 Å². The fraction of sp³-hybridized carbons (Fsp3) is 0.526. The van der Waals surface area contributed by atoms with Crippen LogP contribution in [0, 0.1) is 0 Å². The number of aromatic amines is 1. The highest BCUT2D eigenvalue weighted by atomic mass is 16.5. The highest BCUT2D eigenvalue weighted by molar-refractivity contribution is 6.00. The van der Waals surface area contributed by atoms with Crippen LogP contribution in [0.1, 0.15) is 38.1 Å². The van der Waals surface area contributed by atoms with Gasteiger partial charge in [-0.25, -0.2) is 0 Å². The van der Waals surface area contributed by atoms with Crippen LogP contribution in [0.15, 0.2) is 24.3 Å². The number of H-pyrrole nitrogens is 1. The largest absolute Gasteiger partial charge is 0.378 e. The molecule has 0 bridgehead atoms. The Labute approximate surface area is 154 Å². The minimum atomic E-state index is 0.00919. The minimum Gasteiger partial charge on any atom is -0.378 e. The fourth-order valence-corrected chi connectivity index (χ4v) is 3.36. The third-order valence-corrected chi connectivity index (χ3v) is 4.53. The smallest absolute Gasteiger partial charge is 0.255 e. The van der Waals surface area contributed by atoms with Crippen LogP contribution in [-0.4, -0.2) is 64.4 Å². The summed E-state index contributed by atoms with van der Waals surface area (Å²) in [5, 5.41) is 7.34. The van der Waals surface area contributed by atoms with Crippen molar-refractivity contribution >= 4 is 11.9 Å². The highest BCUT2D eigenvalue weighted by Crippen LogP contribution is 2.25. The molecule has 1 fully saturated rings. The minimum absolute atomic E-state index is 0.00919. The Morgan fingerprint density at radius 3 is 2.46 bits per heavy atom. The second kappa shape index (κ2) is 7.86. The first-order chi connectivity index (χ1) is 12.5. The molecule has 1 aromatic carbocycles. The van der Waals surface area contributed by atoms with Crippen molar-refractivity contribution < 1.29 is 9.53 Å². The molecule has 1 aromatic heterocycles. The van der Waals surface area contributed by atoms with E-state index in [4.69, 9.17) is 4.74 Å². The van der Waals surface area contributed by atoms with Gasteiger partial charge in [-0.2, -0.15) is 4.98 Å². The number of carbonyl (C=O) groups excluding carboxylic acids is 1. The molecule has 1 N–H and O–H groups in total. The summed E-state index contributed by atoms with van der Waals surface area (Å²) >= 11 is 0. The SMILES string of the molecule is CC(C)N(C(=O)c1ccccc1-c1nc(N2CCOCC2)n[nH]1)C(C)C. The number of rotatable bonds is 5. The van der Waals surface area contributed by atoms with Gasteiger partial charge in [0.05, 0.1) is 18.8 Å². The van der Waals surface area contributed by atoms with Crippen molar-refractivity contribution in [1.29, 1.82) is 0 Å². The van der Waals surface area contributed by atoms with Crippen molar-refractivity contribution in [2.45, 2.75) is 39.8 Å². The van der Waals surface area contributed by atoms with E-state index in [-0.39, 0.29) is 18.0 Å². The number of amides is 1. The lowest BCUT2D eigenvalue weighted by molar-refractivity contribution is 0.0644. The van der Waals surface area contributed by atoms with E-state index in [1.807, 2.05) is 56.9 Å². The maximum absolute atomic E-state index is 13.2. The molecule has 7 nitrogen and oxygen atoms in total. The number of nitrogens with zero attached hydrogens (tertiary/aromatic N) is 4. The van der Waals surface area contributed by atoms with Gasteiger partial charge in [0.15, 0.2) is 5.82 Å². The Bertz CT molecular complexity index is 742. The molecule has 0 unspecified atom stereocenters. The molecule has 0 atom stereocenters. The van der Waals surface area contributed by atoms with Gasteiger partial charge < -0.3 is 14.5 Å². The van der Waals surface area contributed by atoms with E-state index >= 15 is 0 Å². The van der Waals surface area contributed by atoms with Gasteiger partial charge in [-0.1, -0.05) is 18.2 Å². The van der Waals surface area contributed by atoms with E-state index in [1.165, 1.54) is 0 Å². The fourth-order valence-electron chi connectivity index (χ4n) is 3.36. The molecule has 26 heavy (non-hydrogen) atoms. The van der Waals surface area contributed by atoms with Gasteiger partial charge in [0.2, 0.25) is 5.95 Å². The van der Waals surface area contributed by atoms with Crippen molar-refractivity contribution in [2.24, 2.45) is 0 Å². The number of morpholine rings is 1. The number of ether oxygens (including phenoxy) is 1. The first-order valence-electron chi connectivity index (χ1n) is 9.16. The van der Waals surface area contributed by atoms with Gasteiger partial charge in [0.1, 0.15) is 0 Å². The van der Waals surface area contributed by atoms with Crippen LogP contribution >= 0.6 is 0 Å². The van der Waals surface area contributed by atoms with Crippen molar-refractivity contribution in [3.8, 4) is 11.4 Å². The number of hydrogen-bond acceptors (Lipinski definition) is 5. The van der Waals surface area contributed by atoms with Crippen LogP contribution < -0.4 is 4.90 Å². The molecule has 1 aliphatic rings. The van der Waals surface area contributed by atoms with Gasteiger partial charge in [-0.3, -0.25) is 9.89 Å². The monoisotopic (exact) mass is 357 g/mol. The molecule has 3 rings (SSSR count). The average Bonchev–Trinajstić information content (AvgIpc) is 3.12. The number of anilines is 1. The zero-order chi connectivity index (χ0) is 18.7. The summed E-state index contributed by atoms with van der Waals surface area (Å²) in [7, 11) is 0. The third kappa shape index (κ3) is 3.72. The molecule has 0 spiro atoms. The summed E-state index contributed by atoms with van der Waals surface area (Å²) < 4.78 is 5.38. The summed E-state index contributed by atoms with van der Waals surface area (Å²) in [6.45, 7) is 11.0. The molecule has 0 radical (unpaired) electrons. The number of nitrogens with one attached hydrogen (secondary N) is 1. The molecule has 7 heteroatoms. The molecular formula is C19H27N5O2. The molecule has 1 saturated heterocycles. The van der Waals surface area contributed by atoms with Crippen molar-refractivity contribution in [2.75, 3.05) is 31.2 Å². The van der Waals surface area contributed by atoms with Gasteiger partial charge in [0, 0.05) is 30.7 Å². The first kappa shape index (κ1) is 18.4. The lowest BCUT2D eigenvalue weighted by atomic mass is 10.0. The molecule has 2 aromatic rings. The van der Waals surface area contributed by atoms with Crippen LogP contribution in [0.2, 0.25) is 0 Å². The van der Waals surface area contributed by atoms with Crippen molar-refractivity contribution in [3.05, 3.63) is 29.8 Å². The van der Waals surface area contributed by atoms with E-state index in [1.54, 1.807) is 0 Å². The van der Waals surface area contributed by atoms with E-state index in [0.29, 0.717) is 30.5 Å². The Morgan fingerprint density at radius 1 is 1.15 bits per heavy atom. The number of carbonyl (C=O) groups is 1. The quantitative estimate of drug-likeness (QED) is 0.890.